The van der Waals surface area contributed by atoms with Gasteiger partial charge in [0.15, 0.2) is 4.77 Å². The second kappa shape index (κ2) is 8.22. The number of thioether (sulfide) groups is 2. The Morgan fingerprint density at radius 2 is 2.08 bits per heavy atom. The van der Waals surface area contributed by atoms with Gasteiger partial charge in [0.1, 0.15) is 5.82 Å². The number of H-pyrrole nitrogens is 1. The van der Waals surface area contributed by atoms with Crippen LogP contribution >= 0.6 is 35.7 Å². The van der Waals surface area contributed by atoms with E-state index < -0.39 is 0 Å². The molecule has 1 fully saturated rings. The van der Waals surface area contributed by atoms with Gasteiger partial charge in [-0.25, -0.2) is 0 Å². The molecule has 1 saturated heterocycles. The van der Waals surface area contributed by atoms with Crippen molar-refractivity contribution in [3.8, 4) is 0 Å². The third-order valence-corrected chi connectivity index (χ3v) is 7.27. The molecule has 24 heavy (non-hydrogen) atoms. The average molecular weight is 381 g/mol. The monoisotopic (exact) mass is 380 g/mol. The largest absolute Gasteiger partial charge is 0.352 e. The number of benzene rings is 1. The molecule has 0 saturated carbocycles. The maximum Gasteiger partial charge on any atom is 0.251 e. The highest BCUT2D eigenvalue weighted by Gasteiger charge is 2.18. The van der Waals surface area contributed by atoms with Gasteiger partial charge in [0.2, 0.25) is 0 Å². The molecule has 1 aromatic carbocycles. The summed E-state index contributed by atoms with van der Waals surface area (Å²) in [5.74, 6) is 3.22. The molecule has 3 rings (SSSR count). The van der Waals surface area contributed by atoms with Gasteiger partial charge in [-0.05, 0) is 36.8 Å². The highest BCUT2D eigenvalue weighted by molar-refractivity contribution is 8.19. The first-order valence-electron chi connectivity index (χ1n) is 7.94. The molecule has 0 aliphatic carbocycles. The first-order chi connectivity index (χ1) is 11.7. The Bertz CT molecular complexity index is 747. The summed E-state index contributed by atoms with van der Waals surface area (Å²) in [4.78, 5) is 12.3. The van der Waals surface area contributed by atoms with Crippen molar-refractivity contribution in [3.63, 3.8) is 0 Å². The van der Waals surface area contributed by atoms with Crippen molar-refractivity contribution in [2.45, 2.75) is 24.5 Å². The number of nitrogens with one attached hydrogen (secondary N) is 2. The molecule has 5 nitrogen and oxygen atoms in total. The fourth-order valence-corrected chi connectivity index (χ4v) is 5.74. The lowest BCUT2D eigenvalue weighted by Gasteiger charge is -2.10. The van der Waals surface area contributed by atoms with Crippen molar-refractivity contribution < 1.29 is 4.79 Å². The second-order valence-electron chi connectivity index (χ2n) is 5.39. The van der Waals surface area contributed by atoms with E-state index in [0.29, 0.717) is 27.9 Å². The van der Waals surface area contributed by atoms with E-state index in [4.69, 9.17) is 12.2 Å². The normalized spacial score (nSPS) is 14.9. The lowest BCUT2D eigenvalue weighted by atomic mass is 10.1. The number of carbonyl (C=O) groups excluding carboxylic acids is 1. The van der Waals surface area contributed by atoms with Gasteiger partial charge < -0.3 is 9.88 Å². The van der Waals surface area contributed by atoms with Crippen molar-refractivity contribution in [1.29, 1.82) is 0 Å². The molecule has 1 aliphatic heterocycles. The highest BCUT2D eigenvalue weighted by Crippen LogP contribution is 2.45. The van der Waals surface area contributed by atoms with E-state index in [1.165, 1.54) is 17.1 Å². The Labute approximate surface area is 155 Å². The molecule has 2 heterocycles. The summed E-state index contributed by atoms with van der Waals surface area (Å²) in [6.07, 6.45) is 0.653. The Balaban J connectivity index is 1.54. The Kier molecular flexibility index (Phi) is 6.02. The number of carbonyl (C=O) groups is 1. The average Bonchev–Trinajstić information content (AvgIpc) is 3.25. The van der Waals surface area contributed by atoms with Crippen molar-refractivity contribution >= 4 is 41.6 Å². The van der Waals surface area contributed by atoms with E-state index in [2.05, 4.69) is 27.6 Å². The fraction of sp³-hybridized carbons (Fsp3) is 0.438. The van der Waals surface area contributed by atoms with Gasteiger partial charge >= 0.3 is 0 Å². The molecule has 0 unspecified atom stereocenters. The van der Waals surface area contributed by atoms with E-state index >= 15 is 0 Å². The number of nitrogens with zero attached hydrogens (tertiary/aromatic N) is 2. The van der Waals surface area contributed by atoms with Crippen molar-refractivity contribution in [3.05, 3.63) is 46.0 Å². The SMILES string of the molecule is CCn1c(CCNC(=O)c2ccc(C3SCCS3)cc2)n[nH]c1=S. The lowest BCUT2D eigenvalue weighted by molar-refractivity contribution is 0.0954. The first kappa shape index (κ1) is 17.6. The molecule has 2 aromatic rings. The number of hydrogen-bond donors (Lipinski definition) is 2. The van der Waals surface area contributed by atoms with Gasteiger partial charge in [-0.3, -0.25) is 9.89 Å². The molecular weight excluding hydrogens is 360 g/mol. The van der Waals surface area contributed by atoms with Gasteiger partial charge in [0, 0.05) is 36.6 Å². The minimum atomic E-state index is -0.0505. The number of amides is 1. The summed E-state index contributed by atoms with van der Waals surface area (Å²) in [7, 11) is 0. The summed E-state index contributed by atoms with van der Waals surface area (Å²) in [5, 5.41) is 9.94. The standard InChI is InChI=1S/C16H20N4OS3/c1-2-20-13(18-19-16(20)22)7-8-17-14(21)11-3-5-12(6-4-11)15-23-9-10-24-15/h3-6,15H,2,7-10H2,1H3,(H,17,21)(H,19,22). The van der Waals surface area contributed by atoms with Gasteiger partial charge in [-0.15, -0.1) is 23.5 Å². The van der Waals surface area contributed by atoms with Gasteiger partial charge in [-0.2, -0.15) is 5.10 Å². The van der Waals surface area contributed by atoms with Crippen LogP contribution in [0.4, 0.5) is 0 Å². The number of hydrogen-bond acceptors (Lipinski definition) is 5. The maximum atomic E-state index is 12.3. The molecule has 2 N–H and O–H groups in total. The van der Waals surface area contributed by atoms with Crippen LogP contribution in [-0.2, 0) is 13.0 Å². The molecule has 8 heteroatoms. The predicted molar refractivity (Wildman–Crippen MR) is 103 cm³/mol. The van der Waals surface area contributed by atoms with Crippen LogP contribution in [0.3, 0.4) is 0 Å². The van der Waals surface area contributed by atoms with Crippen LogP contribution in [0.25, 0.3) is 0 Å². The van der Waals surface area contributed by atoms with Crippen LogP contribution in [-0.4, -0.2) is 38.7 Å². The van der Waals surface area contributed by atoms with E-state index in [-0.39, 0.29) is 5.91 Å². The van der Waals surface area contributed by atoms with Crippen LogP contribution in [0.5, 0.6) is 0 Å². The lowest BCUT2D eigenvalue weighted by Crippen LogP contribution is -2.26. The van der Waals surface area contributed by atoms with Crippen LogP contribution in [0.2, 0.25) is 0 Å². The van der Waals surface area contributed by atoms with Crippen LogP contribution in [0.15, 0.2) is 24.3 Å². The quantitative estimate of drug-likeness (QED) is 0.752. The summed E-state index contributed by atoms with van der Waals surface area (Å²) >= 11 is 9.10. The van der Waals surface area contributed by atoms with E-state index in [1.54, 1.807) is 0 Å². The summed E-state index contributed by atoms with van der Waals surface area (Å²) in [5.41, 5.74) is 1.98. The Morgan fingerprint density at radius 1 is 1.38 bits per heavy atom. The van der Waals surface area contributed by atoms with Crippen molar-refractivity contribution in [1.82, 2.24) is 20.1 Å². The topological polar surface area (TPSA) is 62.7 Å². The van der Waals surface area contributed by atoms with Crippen LogP contribution in [0.1, 0.15) is 33.3 Å². The summed E-state index contributed by atoms with van der Waals surface area (Å²) in [6, 6.07) is 7.94. The highest BCUT2D eigenvalue weighted by atomic mass is 32.2. The van der Waals surface area contributed by atoms with Crippen molar-refractivity contribution in [2.24, 2.45) is 0 Å². The third-order valence-electron chi connectivity index (χ3n) is 3.85. The number of rotatable bonds is 6. The predicted octanol–water partition coefficient (Wildman–Crippen LogP) is 3.41. The molecule has 0 bridgehead atoms. The Hall–Kier alpha value is -1.25. The first-order valence-corrected chi connectivity index (χ1v) is 10.4. The van der Waals surface area contributed by atoms with E-state index in [1.807, 2.05) is 47.1 Å². The van der Waals surface area contributed by atoms with Crippen LogP contribution in [0, 0.1) is 4.77 Å². The zero-order valence-electron chi connectivity index (χ0n) is 13.4. The molecule has 0 spiro atoms. The fourth-order valence-electron chi connectivity index (χ4n) is 2.60. The molecule has 0 atom stereocenters. The number of aromatic amines is 1. The third kappa shape index (κ3) is 4.04. The molecular formula is C16H20N4OS3. The van der Waals surface area contributed by atoms with E-state index in [0.717, 1.165) is 12.4 Å². The van der Waals surface area contributed by atoms with Gasteiger partial charge in [-0.1, -0.05) is 12.1 Å². The smallest absolute Gasteiger partial charge is 0.251 e. The van der Waals surface area contributed by atoms with Gasteiger partial charge in [0.25, 0.3) is 5.91 Å². The van der Waals surface area contributed by atoms with Crippen molar-refractivity contribution in [2.75, 3.05) is 18.1 Å². The number of aromatic nitrogens is 3. The molecule has 0 radical (unpaired) electrons. The zero-order valence-corrected chi connectivity index (χ0v) is 15.9. The molecule has 1 amide bonds. The molecule has 1 aliphatic rings. The van der Waals surface area contributed by atoms with E-state index in [9.17, 15) is 4.79 Å². The maximum absolute atomic E-state index is 12.3. The molecule has 1 aromatic heterocycles. The zero-order chi connectivity index (χ0) is 16.9. The second-order valence-corrected chi connectivity index (χ2v) is 8.50. The minimum absolute atomic E-state index is 0.0505. The Morgan fingerprint density at radius 3 is 2.75 bits per heavy atom. The summed E-state index contributed by atoms with van der Waals surface area (Å²) in [6.45, 7) is 3.33. The summed E-state index contributed by atoms with van der Waals surface area (Å²) < 4.78 is 3.07. The minimum Gasteiger partial charge on any atom is -0.352 e. The molecule has 128 valence electrons. The van der Waals surface area contributed by atoms with Crippen LogP contribution < -0.4 is 5.32 Å². The van der Waals surface area contributed by atoms with Gasteiger partial charge in [0.05, 0.1) is 4.58 Å².